The Morgan fingerprint density at radius 1 is 1.67 bits per heavy atom. The predicted molar refractivity (Wildman–Crippen MR) is 52.1 cm³/mol. The fraction of sp³-hybridized carbons (Fsp3) is 0.636. The van der Waals surface area contributed by atoms with Gasteiger partial charge in [-0.15, -0.1) is 0 Å². The fourth-order valence-corrected chi connectivity index (χ4v) is 1.29. The molecule has 1 aliphatic rings. The first-order valence-corrected chi connectivity index (χ1v) is 4.71. The van der Waals surface area contributed by atoms with Crippen molar-refractivity contribution in [2.45, 2.75) is 45.8 Å². The molecule has 68 valence electrons. The van der Waals surface area contributed by atoms with Gasteiger partial charge in [0.05, 0.1) is 12.2 Å². The van der Waals surface area contributed by atoms with E-state index in [1.807, 2.05) is 0 Å². The zero-order valence-electron chi connectivity index (χ0n) is 8.21. The van der Waals surface area contributed by atoms with Crippen LogP contribution < -0.4 is 0 Å². The molecular weight excluding hydrogens is 148 g/mol. The zero-order chi connectivity index (χ0) is 8.97. The minimum Gasteiger partial charge on any atom is -0.371 e. The molecule has 0 spiro atoms. The summed E-state index contributed by atoms with van der Waals surface area (Å²) in [6, 6.07) is 0. The highest BCUT2D eigenvalue weighted by Gasteiger charge is 2.11. The van der Waals surface area contributed by atoms with Crippen LogP contribution in [-0.4, -0.2) is 12.2 Å². The van der Waals surface area contributed by atoms with Gasteiger partial charge in [0.25, 0.3) is 0 Å². The summed E-state index contributed by atoms with van der Waals surface area (Å²) < 4.78 is 5.78. The Kier molecular flexibility index (Phi) is 3.54. The SMILES string of the molecule is CCC(C)OC1C=CC=C(C)C1. The highest BCUT2D eigenvalue weighted by Crippen LogP contribution is 2.16. The maximum Gasteiger partial charge on any atom is 0.0799 e. The van der Waals surface area contributed by atoms with E-state index < -0.39 is 0 Å². The third-order valence-electron chi connectivity index (χ3n) is 2.21. The van der Waals surface area contributed by atoms with E-state index in [-0.39, 0.29) is 0 Å². The second kappa shape index (κ2) is 4.46. The normalized spacial score (nSPS) is 25.2. The van der Waals surface area contributed by atoms with Gasteiger partial charge in [0.1, 0.15) is 0 Å². The van der Waals surface area contributed by atoms with Crippen molar-refractivity contribution in [2.75, 3.05) is 0 Å². The maximum absolute atomic E-state index is 5.78. The molecule has 0 saturated heterocycles. The van der Waals surface area contributed by atoms with Crippen LogP contribution in [-0.2, 0) is 4.74 Å². The van der Waals surface area contributed by atoms with Crippen LogP contribution in [0, 0.1) is 0 Å². The van der Waals surface area contributed by atoms with Crippen LogP contribution in [0.4, 0.5) is 0 Å². The molecule has 0 heterocycles. The van der Waals surface area contributed by atoms with Crippen LogP contribution in [0.25, 0.3) is 0 Å². The Morgan fingerprint density at radius 3 is 3.00 bits per heavy atom. The molecule has 0 aromatic rings. The number of rotatable bonds is 3. The average Bonchev–Trinajstić information content (AvgIpc) is 2.04. The number of allylic oxidation sites excluding steroid dienone is 2. The van der Waals surface area contributed by atoms with Crippen molar-refractivity contribution >= 4 is 0 Å². The lowest BCUT2D eigenvalue weighted by atomic mass is 10.0. The van der Waals surface area contributed by atoms with Crippen LogP contribution in [0.1, 0.15) is 33.6 Å². The topological polar surface area (TPSA) is 9.23 Å². The van der Waals surface area contributed by atoms with Crippen LogP contribution in [0.2, 0.25) is 0 Å². The van der Waals surface area contributed by atoms with Crippen molar-refractivity contribution in [3.8, 4) is 0 Å². The van der Waals surface area contributed by atoms with Gasteiger partial charge in [0.2, 0.25) is 0 Å². The van der Waals surface area contributed by atoms with Gasteiger partial charge < -0.3 is 4.74 Å². The van der Waals surface area contributed by atoms with Gasteiger partial charge in [0.15, 0.2) is 0 Å². The van der Waals surface area contributed by atoms with Gasteiger partial charge in [0, 0.05) is 0 Å². The maximum atomic E-state index is 5.78. The van der Waals surface area contributed by atoms with Gasteiger partial charge in [-0.25, -0.2) is 0 Å². The lowest BCUT2D eigenvalue weighted by Gasteiger charge is -2.21. The van der Waals surface area contributed by atoms with Crippen LogP contribution in [0.5, 0.6) is 0 Å². The number of hydrogen-bond donors (Lipinski definition) is 0. The van der Waals surface area contributed by atoms with E-state index >= 15 is 0 Å². The van der Waals surface area contributed by atoms with Gasteiger partial charge >= 0.3 is 0 Å². The number of hydrogen-bond acceptors (Lipinski definition) is 1. The summed E-state index contributed by atoms with van der Waals surface area (Å²) in [5, 5.41) is 0. The Morgan fingerprint density at radius 2 is 2.42 bits per heavy atom. The summed E-state index contributed by atoms with van der Waals surface area (Å²) in [6.45, 7) is 6.43. The van der Waals surface area contributed by atoms with E-state index in [0.717, 1.165) is 12.8 Å². The van der Waals surface area contributed by atoms with Crippen LogP contribution in [0.15, 0.2) is 23.8 Å². The van der Waals surface area contributed by atoms with Gasteiger partial charge in [-0.2, -0.15) is 0 Å². The van der Waals surface area contributed by atoms with Crippen molar-refractivity contribution in [3.63, 3.8) is 0 Å². The highest BCUT2D eigenvalue weighted by atomic mass is 16.5. The molecule has 1 rings (SSSR count). The fourth-order valence-electron chi connectivity index (χ4n) is 1.29. The lowest BCUT2D eigenvalue weighted by molar-refractivity contribution is 0.0224. The summed E-state index contributed by atoms with van der Waals surface area (Å²) in [5.74, 6) is 0. The molecular formula is C11H18O. The van der Waals surface area contributed by atoms with E-state index in [9.17, 15) is 0 Å². The molecule has 2 atom stereocenters. The second-order valence-electron chi connectivity index (χ2n) is 3.50. The summed E-state index contributed by atoms with van der Waals surface area (Å²) >= 11 is 0. The van der Waals surface area contributed by atoms with Crippen molar-refractivity contribution in [1.82, 2.24) is 0 Å². The quantitative estimate of drug-likeness (QED) is 0.626. The minimum absolute atomic E-state index is 0.310. The highest BCUT2D eigenvalue weighted by molar-refractivity contribution is 5.18. The largest absolute Gasteiger partial charge is 0.371 e. The molecule has 0 radical (unpaired) electrons. The monoisotopic (exact) mass is 166 g/mol. The summed E-state index contributed by atoms with van der Waals surface area (Å²) in [5.41, 5.74) is 1.41. The molecule has 0 saturated carbocycles. The van der Waals surface area contributed by atoms with Gasteiger partial charge in [-0.3, -0.25) is 0 Å². The molecule has 1 aliphatic carbocycles. The van der Waals surface area contributed by atoms with E-state index in [4.69, 9.17) is 4.74 Å². The van der Waals surface area contributed by atoms with Crippen molar-refractivity contribution < 1.29 is 4.74 Å². The summed E-state index contributed by atoms with van der Waals surface area (Å²) in [7, 11) is 0. The standard InChI is InChI=1S/C11H18O/c1-4-10(3)12-11-7-5-6-9(2)8-11/h5-7,10-11H,4,8H2,1-3H3. The smallest absolute Gasteiger partial charge is 0.0799 e. The van der Waals surface area contributed by atoms with Crippen LogP contribution in [0.3, 0.4) is 0 Å². The first kappa shape index (κ1) is 9.53. The number of ether oxygens (including phenoxy) is 1. The molecule has 0 aromatic carbocycles. The van der Waals surface area contributed by atoms with E-state index in [1.54, 1.807) is 0 Å². The lowest BCUT2D eigenvalue weighted by Crippen LogP contribution is -2.18. The molecule has 1 nitrogen and oxygen atoms in total. The van der Waals surface area contributed by atoms with Crippen molar-refractivity contribution in [2.24, 2.45) is 0 Å². The molecule has 0 amide bonds. The third-order valence-corrected chi connectivity index (χ3v) is 2.21. The molecule has 1 heteroatoms. The van der Waals surface area contributed by atoms with Gasteiger partial charge in [-0.1, -0.05) is 30.7 Å². The molecule has 0 aliphatic heterocycles. The average molecular weight is 166 g/mol. The summed E-state index contributed by atoms with van der Waals surface area (Å²) in [4.78, 5) is 0. The van der Waals surface area contributed by atoms with E-state index in [1.165, 1.54) is 5.57 Å². The van der Waals surface area contributed by atoms with E-state index in [2.05, 4.69) is 39.0 Å². The zero-order valence-corrected chi connectivity index (χ0v) is 8.21. The van der Waals surface area contributed by atoms with Crippen molar-refractivity contribution in [3.05, 3.63) is 23.8 Å². The Labute approximate surface area is 75.1 Å². The Balaban J connectivity index is 2.36. The van der Waals surface area contributed by atoms with Crippen LogP contribution >= 0.6 is 0 Å². The third kappa shape index (κ3) is 2.82. The first-order chi connectivity index (χ1) is 5.72. The second-order valence-corrected chi connectivity index (χ2v) is 3.50. The molecule has 0 fully saturated rings. The Bertz CT molecular complexity index is 191. The first-order valence-electron chi connectivity index (χ1n) is 4.71. The molecule has 0 bridgehead atoms. The molecule has 0 N–H and O–H groups in total. The predicted octanol–water partition coefficient (Wildman–Crippen LogP) is 3.08. The molecule has 12 heavy (non-hydrogen) atoms. The molecule has 0 aromatic heterocycles. The Hall–Kier alpha value is -0.560. The van der Waals surface area contributed by atoms with Gasteiger partial charge in [-0.05, 0) is 26.7 Å². The minimum atomic E-state index is 0.310. The summed E-state index contributed by atoms with van der Waals surface area (Å²) in [6.07, 6.45) is 9.21. The molecule has 2 unspecified atom stereocenters. The van der Waals surface area contributed by atoms with E-state index in [0.29, 0.717) is 12.2 Å². The van der Waals surface area contributed by atoms with Crippen molar-refractivity contribution in [1.29, 1.82) is 0 Å².